The standard InChI is InChI=1S/C9H12N2O4/c12-7(9(13)14)3-6-4-10-8-5-15-2-1-11(6)8/h4,7,12H,1-3,5H2,(H,13,14). The summed E-state index contributed by atoms with van der Waals surface area (Å²) in [7, 11) is 0. The summed E-state index contributed by atoms with van der Waals surface area (Å²) in [6.45, 7) is 1.71. The Labute approximate surface area is 86.1 Å². The van der Waals surface area contributed by atoms with Crippen molar-refractivity contribution in [1.29, 1.82) is 0 Å². The highest BCUT2D eigenvalue weighted by atomic mass is 16.5. The van der Waals surface area contributed by atoms with Gasteiger partial charge in [-0.3, -0.25) is 0 Å². The average molecular weight is 212 g/mol. The predicted molar refractivity (Wildman–Crippen MR) is 49.2 cm³/mol. The molecule has 0 spiro atoms. The van der Waals surface area contributed by atoms with Crippen LogP contribution in [0, 0.1) is 0 Å². The summed E-state index contributed by atoms with van der Waals surface area (Å²) in [4.78, 5) is 14.6. The average Bonchev–Trinajstić information content (AvgIpc) is 2.62. The van der Waals surface area contributed by atoms with E-state index in [9.17, 15) is 9.90 Å². The fraction of sp³-hybridized carbons (Fsp3) is 0.556. The van der Waals surface area contributed by atoms with Crippen LogP contribution in [-0.4, -0.2) is 38.4 Å². The Morgan fingerprint density at radius 2 is 2.53 bits per heavy atom. The maximum absolute atomic E-state index is 10.5. The molecule has 1 aliphatic rings. The van der Waals surface area contributed by atoms with Gasteiger partial charge in [0.15, 0.2) is 6.10 Å². The minimum atomic E-state index is -1.37. The van der Waals surface area contributed by atoms with Crippen LogP contribution in [0.25, 0.3) is 0 Å². The number of aromatic nitrogens is 2. The molecule has 1 atom stereocenters. The van der Waals surface area contributed by atoms with Gasteiger partial charge in [-0.15, -0.1) is 0 Å². The third-order valence-electron chi connectivity index (χ3n) is 2.40. The Bertz CT molecular complexity index is 374. The van der Waals surface area contributed by atoms with Crippen LogP contribution in [-0.2, 0) is 29.1 Å². The van der Waals surface area contributed by atoms with E-state index in [0.717, 1.165) is 11.5 Å². The molecule has 0 amide bonds. The molecule has 6 heteroatoms. The summed E-state index contributed by atoms with van der Waals surface area (Å²) in [5.74, 6) is -0.425. The molecule has 0 bridgehead atoms. The molecule has 0 aromatic carbocycles. The van der Waals surface area contributed by atoms with E-state index in [2.05, 4.69) is 4.98 Å². The third kappa shape index (κ3) is 2.00. The summed E-state index contributed by atoms with van der Waals surface area (Å²) >= 11 is 0. The fourth-order valence-corrected chi connectivity index (χ4v) is 1.61. The van der Waals surface area contributed by atoms with E-state index in [0.29, 0.717) is 19.8 Å². The van der Waals surface area contributed by atoms with Crippen LogP contribution >= 0.6 is 0 Å². The number of ether oxygens (including phenoxy) is 1. The summed E-state index contributed by atoms with van der Waals surface area (Å²) in [6, 6.07) is 0. The highest BCUT2D eigenvalue weighted by Crippen LogP contribution is 2.13. The molecule has 1 unspecified atom stereocenters. The van der Waals surface area contributed by atoms with Gasteiger partial charge < -0.3 is 19.5 Å². The Morgan fingerprint density at radius 1 is 1.73 bits per heavy atom. The number of carboxylic acids is 1. The number of carboxylic acid groups (broad SMARTS) is 1. The maximum atomic E-state index is 10.5. The number of hydrogen-bond donors (Lipinski definition) is 2. The van der Waals surface area contributed by atoms with E-state index in [1.165, 1.54) is 0 Å². The number of carbonyl (C=O) groups is 1. The molecular formula is C9H12N2O4. The Hall–Kier alpha value is -1.40. The van der Waals surface area contributed by atoms with Crippen molar-refractivity contribution in [3.63, 3.8) is 0 Å². The van der Waals surface area contributed by atoms with Crippen LogP contribution in [0.1, 0.15) is 11.5 Å². The molecule has 82 valence electrons. The normalized spacial score (nSPS) is 17.1. The van der Waals surface area contributed by atoms with Crippen LogP contribution in [0.2, 0.25) is 0 Å². The van der Waals surface area contributed by atoms with Gasteiger partial charge in [-0.2, -0.15) is 0 Å². The van der Waals surface area contributed by atoms with Crippen molar-refractivity contribution in [3.05, 3.63) is 17.7 Å². The lowest BCUT2D eigenvalue weighted by molar-refractivity contribution is -0.146. The lowest BCUT2D eigenvalue weighted by atomic mass is 10.2. The molecule has 1 aromatic rings. The van der Waals surface area contributed by atoms with Crippen LogP contribution in [0.5, 0.6) is 0 Å². The molecule has 2 rings (SSSR count). The van der Waals surface area contributed by atoms with Gasteiger partial charge in [-0.1, -0.05) is 0 Å². The largest absolute Gasteiger partial charge is 0.479 e. The van der Waals surface area contributed by atoms with Crippen LogP contribution in [0.15, 0.2) is 6.20 Å². The molecule has 2 heterocycles. The molecule has 0 aliphatic carbocycles. The van der Waals surface area contributed by atoms with Crippen molar-refractivity contribution in [1.82, 2.24) is 9.55 Å². The number of aliphatic hydroxyl groups excluding tert-OH is 1. The molecule has 0 saturated heterocycles. The molecule has 0 fully saturated rings. The number of imidazole rings is 1. The first-order chi connectivity index (χ1) is 7.18. The predicted octanol–water partition coefficient (Wildman–Crippen LogP) is -0.599. The van der Waals surface area contributed by atoms with Crippen molar-refractivity contribution in [2.75, 3.05) is 6.61 Å². The van der Waals surface area contributed by atoms with E-state index in [1.807, 2.05) is 4.57 Å². The number of rotatable bonds is 3. The summed E-state index contributed by atoms with van der Waals surface area (Å²) in [5, 5.41) is 17.8. The molecule has 2 N–H and O–H groups in total. The van der Waals surface area contributed by atoms with Crippen LogP contribution < -0.4 is 0 Å². The van der Waals surface area contributed by atoms with Crippen molar-refractivity contribution >= 4 is 5.97 Å². The molecule has 6 nitrogen and oxygen atoms in total. The number of fused-ring (bicyclic) bond motifs is 1. The zero-order valence-corrected chi connectivity index (χ0v) is 8.09. The van der Waals surface area contributed by atoms with Gasteiger partial charge >= 0.3 is 5.97 Å². The van der Waals surface area contributed by atoms with Crippen LogP contribution in [0.3, 0.4) is 0 Å². The molecule has 15 heavy (non-hydrogen) atoms. The van der Waals surface area contributed by atoms with E-state index in [-0.39, 0.29) is 6.42 Å². The van der Waals surface area contributed by atoms with E-state index < -0.39 is 12.1 Å². The quantitative estimate of drug-likeness (QED) is 0.699. The summed E-state index contributed by atoms with van der Waals surface area (Å²) in [5.41, 5.74) is 0.739. The first-order valence-corrected chi connectivity index (χ1v) is 4.70. The van der Waals surface area contributed by atoms with Gasteiger partial charge in [-0.05, 0) is 0 Å². The minimum absolute atomic E-state index is 0.0856. The zero-order valence-electron chi connectivity index (χ0n) is 8.09. The monoisotopic (exact) mass is 212 g/mol. The van der Waals surface area contributed by atoms with Gasteiger partial charge in [0.2, 0.25) is 0 Å². The number of nitrogens with zero attached hydrogens (tertiary/aromatic N) is 2. The minimum Gasteiger partial charge on any atom is -0.479 e. The highest BCUT2D eigenvalue weighted by Gasteiger charge is 2.19. The van der Waals surface area contributed by atoms with Crippen molar-refractivity contribution in [2.45, 2.75) is 25.7 Å². The molecule has 1 aromatic heterocycles. The second-order valence-electron chi connectivity index (χ2n) is 3.43. The zero-order chi connectivity index (χ0) is 10.8. The first-order valence-electron chi connectivity index (χ1n) is 4.70. The Morgan fingerprint density at radius 3 is 3.27 bits per heavy atom. The summed E-state index contributed by atoms with van der Waals surface area (Å²) in [6.07, 6.45) is 0.312. The van der Waals surface area contributed by atoms with Gasteiger partial charge in [0.05, 0.1) is 6.61 Å². The lowest BCUT2D eigenvalue weighted by Gasteiger charge is -2.17. The SMILES string of the molecule is O=C(O)C(O)Cc1cnc2n1CCOC2. The van der Waals surface area contributed by atoms with E-state index in [4.69, 9.17) is 9.84 Å². The van der Waals surface area contributed by atoms with E-state index in [1.54, 1.807) is 6.20 Å². The second kappa shape index (κ2) is 4.00. The van der Waals surface area contributed by atoms with Gasteiger partial charge in [0.25, 0.3) is 0 Å². The number of hydrogen-bond acceptors (Lipinski definition) is 4. The molecule has 1 aliphatic heterocycles. The van der Waals surface area contributed by atoms with Crippen LogP contribution in [0.4, 0.5) is 0 Å². The molecule has 0 saturated carbocycles. The lowest BCUT2D eigenvalue weighted by Crippen LogP contribution is -2.25. The topological polar surface area (TPSA) is 84.6 Å². The van der Waals surface area contributed by atoms with Gasteiger partial charge in [0.1, 0.15) is 12.4 Å². The fourth-order valence-electron chi connectivity index (χ4n) is 1.61. The second-order valence-corrected chi connectivity index (χ2v) is 3.43. The smallest absolute Gasteiger partial charge is 0.332 e. The van der Waals surface area contributed by atoms with Crippen molar-refractivity contribution in [3.8, 4) is 0 Å². The Balaban J connectivity index is 2.15. The number of aliphatic hydroxyl groups is 1. The molecule has 0 radical (unpaired) electrons. The van der Waals surface area contributed by atoms with Crippen molar-refractivity contribution < 1.29 is 19.7 Å². The third-order valence-corrected chi connectivity index (χ3v) is 2.40. The van der Waals surface area contributed by atoms with Gasteiger partial charge in [-0.25, -0.2) is 9.78 Å². The van der Waals surface area contributed by atoms with Gasteiger partial charge in [0, 0.05) is 24.9 Å². The number of aliphatic carboxylic acids is 1. The molecular weight excluding hydrogens is 200 g/mol. The highest BCUT2D eigenvalue weighted by molar-refractivity contribution is 5.72. The van der Waals surface area contributed by atoms with Crippen molar-refractivity contribution in [2.24, 2.45) is 0 Å². The summed E-state index contributed by atoms with van der Waals surface area (Å²) < 4.78 is 7.10. The maximum Gasteiger partial charge on any atom is 0.332 e. The Kier molecular flexibility index (Phi) is 2.70. The van der Waals surface area contributed by atoms with E-state index >= 15 is 0 Å². The first kappa shape index (κ1) is 10.1.